The average Bonchev–Trinajstić information content (AvgIpc) is 2.38. The molecule has 1 heterocycles. The van der Waals surface area contributed by atoms with Crippen LogP contribution >= 0.6 is 11.6 Å². The van der Waals surface area contributed by atoms with E-state index in [1.165, 1.54) is 6.07 Å². The molecular formula is C13H12ClFN2. The first-order valence-electron chi connectivity index (χ1n) is 5.21. The summed E-state index contributed by atoms with van der Waals surface area (Å²) in [4.78, 5) is 5.80. The molecule has 0 saturated heterocycles. The number of anilines is 2. The number of rotatable bonds is 3. The standard InChI is InChI=1S/C13H12ClFN2/c1-17(12-5-3-2-4-11(12)15)13-9-16-7-6-10(13)8-14/h2-7,9H,8H2,1H3. The lowest BCUT2D eigenvalue weighted by atomic mass is 10.2. The van der Waals surface area contributed by atoms with Crippen molar-refractivity contribution >= 4 is 23.0 Å². The zero-order valence-corrected chi connectivity index (χ0v) is 10.2. The Morgan fingerprint density at radius 2 is 2.00 bits per heavy atom. The second-order valence-corrected chi connectivity index (χ2v) is 3.92. The second-order valence-electron chi connectivity index (χ2n) is 3.65. The highest BCUT2D eigenvalue weighted by Crippen LogP contribution is 2.28. The summed E-state index contributed by atoms with van der Waals surface area (Å²) in [5.74, 6) is 0.107. The summed E-state index contributed by atoms with van der Waals surface area (Å²) in [5, 5.41) is 0. The molecule has 1 aromatic heterocycles. The van der Waals surface area contributed by atoms with Crippen molar-refractivity contribution in [2.75, 3.05) is 11.9 Å². The molecule has 0 spiro atoms. The topological polar surface area (TPSA) is 16.1 Å². The van der Waals surface area contributed by atoms with Crippen molar-refractivity contribution in [3.8, 4) is 0 Å². The highest BCUT2D eigenvalue weighted by atomic mass is 35.5. The molecule has 0 amide bonds. The van der Waals surface area contributed by atoms with Crippen LogP contribution in [0.5, 0.6) is 0 Å². The monoisotopic (exact) mass is 250 g/mol. The van der Waals surface area contributed by atoms with Gasteiger partial charge in [0.25, 0.3) is 0 Å². The van der Waals surface area contributed by atoms with E-state index >= 15 is 0 Å². The van der Waals surface area contributed by atoms with Crippen LogP contribution < -0.4 is 4.90 Å². The maximum atomic E-state index is 13.7. The number of pyridine rings is 1. The van der Waals surface area contributed by atoms with Gasteiger partial charge in [-0.2, -0.15) is 0 Å². The SMILES string of the molecule is CN(c1ccccc1F)c1cnccc1CCl. The first kappa shape index (κ1) is 11.9. The number of halogens is 2. The van der Waals surface area contributed by atoms with Gasteiger partial charge in [0.1, 0.15) is 5.82 Å². The van der Waals surface area contributed by atoms with E-state index in [2.05, 4.69) is 4.98 Å². The summed E-state index contributed by atoms with van der Waals surface area (Å²) in [6.07, 6.45) is 3.36. The van der Waals surface area contributed by atoms with Crippen LogP contribution in [0.4, 0.5) is 15.8 Å². The lowest BCUT2D eigenvalue weighted by Crippen LogP contribution is -2.13. The van der Waals surface area contributed by atoms with Crippen molar-refractivity contribution in [1.82, 2.24) is 4.98 Å². The van der Waals surface area contributed by atoms with Gasteiger partial charge in [-0.05, 0) is 23.8 Å². The van der Waals surface area contributed by atoms with Crippen molar-refractivity contribution in [3.05, 3.63) is 54.1 Å². The van der Waals surface area contributed by atoms with Gasteiger partial charge in [-0.15, -0.1) is 11.6 Å². The third-order valence-corrected chi connectivity index (χ3v) is 2.89. The van der Waals surface area contributed by atoms with E-state index in [0.717, 1.165) is 11.3 Å². The van der Waals surface area contributed by atoms with Crippen molar-refractivity contribution < 1.29 is 4.39 Å². The molecule has 1 aromatic carbocycles. The number of para-hydroxylation sites is 1. The maximum Gasteiger partial charge on any atom is 0.146 e. The van der Waals surface area contributed by atoms with Crippen LogP contribution in [0.1, 0.15) is 5.56 Å². The molecule has 17 heavy (non-hydrogen) atoms. The summed E-state index contributed by atoms with van der Waals surface area (Å²) >= 11 is 5.86. The third-order valence-electron chi connectivity index (χ3n) is 2.61. The summed E-state index contributed by atoms with van der Waals surface area (Å²) in [6, 6.07) is 8.45. The minimum atomic E-state index is -0.264. The van der Waals surface area contributed by atoms with Crippen LogP contribution in [0.25, 0.3) is 0 Å². The van der Waals surface area contributed by atoms with Gasteiger partial charge in [-0.1, -0.05) is 12.1 Å². The van der Waals surface area contributed by atoms with E-state index < -0.39 is 0 Å². The number of aromatic nitrogens is 1. The first-order valence-corrected chi connectivity index (χ1v) is 5.74. The molecule has 0 radical (unpaired) electrons. The highest BCUT2D eigenvalue weighted by Gasteiger charge is 2.11. The molecule has 0 unspecified atom stereocenters. The first-order chi connectivity index (χ1) is 8.24. The lowest BCUT2D eigenvalue weighted by Gasteiger charge is -2.21. The van der Waals surface area contributed by atoms with Crippen molar-refractivity contribution in [2.45, 2.75) is 5.88 Å². The number of benzene rings is 1. The Morgan fingerprint density at radius 1 is 1.24 bits per heavy atom. The van der Waals surface area contributed by atoms with Crippen LogP contribution in [0.3, 0.4) is 0 Å². The minimum absolute atomic E-state index is 0.264. The second kappa shape index (κ2) is 5.15. The molecular weight excluding hydrogens is 239 g/mol. The van der Waals surface area contributed by atoms with Gasteiger partial charge in [0.2, 0.25) is 0 Å². The Kier molecular flexibility index (Phi) is 3.59. The molecule has 2 aromatic rings. The van der Waals surface area contributed by atoms with E-state index in [4.69, 9.17) is 11.6 Å². The average molecular weight is 251 g/mol. The molecule has 2 nitrogen and oxygen atoms in total. The van der Waals surface area contributed by atoms with E-state index in [1.54, 1.807) is 42.5 Å². The zero-order valence-electron chi connectivity index (χ0n) is 9.40. The molecule has 0 bridgehead atoms. The summed E-state index contributed by atoms with van der Waals surface area (Å²) in [6.45, 7) is 0. The molecule has 0 aliphatic heterocycles. The quantitative estimate of drug-likeness (QED) is 0.772. The van der Waals surface area contributed by atoms with Crippen LogP contribution in [-0.2, 0) is 5.88 Å². The van der Waals surface area contributed by atoms with E-state index in [9.17, 15) is 4.39 Å². The fraction of sp³-hybridized carbons (Fsp3) is 0.154. The van der Waals surface area contributed by atoms with Gasteiger partial charge in [-0.3, -0.25) is 4.98 Å². The summed E-state index contributed by atoms with van der Waals surface area (Å²) < 4.78 is 13.7. The molecule has 88 valence electrons. The molecule has 0 saturated carbocycles. The zero-order chi connectivity index (χ0) is 12.3. The van der Waals surface area contributed by atoms with Crippen LogP contribution in [0.15, 0.2) is 42.7 Å². The van der Waals surface area contributed by atoms with Gasteiger partial charge in [0, 0.05) is 19.1 Å². The molecule has 2 rings (SSSR count). The predicted octanol–water partition coefficient (Wildman–Crippen LogP) is 3.73. The van der Waals surface area contributed by atoms with Gasteiger partial charge in [0.05, 0.1) is 17.6 Å². The third kappa shape index (κ3) is 2.39. The minimum Gasteiger partial charge on any atom is -0.341 e. The number of hydrogen-bond acceptors (Lipinski definition) is 2. The molecule has 0 aliphatic rings. The molecule has 0 N–H and O–H groups in total. The van der Waals surface area contributed by atoms with Gasteiger partial charge in [-0.25, -0.2) is 4.39 Å². The molecule has 0 fully saturated rings. The van der Waals surface area contributed by atoms with Crippen molar-refractivity contribution in [3.63, 3.8) is 0 Å². The fourth-order valence-electron chi connectivity index (χ4n) is 1.68. The van der Waals surface area contributed by atoms with Crippen molar-refractivity contribution in [1.29, 1.82) is 0 Å². The number of alkyl halides is 1. The normalized spacial score (nSPS) is 10.3. The Balaban J connectivity index is 2.44. The molecule has 4 heteroatoms. The largest absolute Gasteiger partial charge is 0.341 e. The van der Waals surface area contributed by atoms with E-state index in [-0.39, 0.29) is 5.82 Å². The van der Waals surface area contributed by atoms with Crippen LogP contribution in [0, 0.1) is 5.82 Å². The Labute approximate surface area is 105 Å². The summed E-state index contributed by atoms with van der Waals surface area (Å²) in [7, 11) is 1.80. The molecule has 0 atom stereocenters. The Bertz CT molecular complexity index is 516. The van der Waals surface area contributed by atoms with Gasteiger partial charge >= 0.3 is 0 Å². The maximum absolute atomic E-state index is 13.7. The lowest BCUT2D eigenvalue weighted by molar-refractivity contribution is 0.627. The van der Waals surface area contributed by atoms with Gasteiger partial charge < -0.3 is 4.90 Å². The number of nitrogens with zero attached hydrogens (tertiary/aromatic N) is 2. The van der Waals surface area contributed by atoms with E-state index in [0.29, 0.717) is 11.6 Å². The predicted molar refractivity (Wildman–Crippen MR) is 68.3 cm³/mol. The van der Waals surface area contributed by atoms with E-state index in [1.807, 2.05) is 6.07 Å². The smallest absolute Gasteiger partial charge is 0.146 e. The fourth-order valence-corrected chi connectivity index (χ4v) is 1.91. The Hall–Kier alpha value is -1.61. The van der Waals surface area contributed by atoms with Crippen molar-refractivity contribution in [2.24, 2.45) is 0 Å². The summed E-state index contributed by atoms with van der Waals surface area (Å²) in [5.41, 5.74) is 2.24. The Morgan fingerprint density at radius 3 is 2.71 bits per heavy atom. The van der Waals surface area contributed by atoms with Crippen LogP contribution in [0.2, 0.25) is 0 Å². The highest BCUT2D eigenvalue weighted by molar-refractivity contribution is 6.17. The van der Waals surface area contributed by atoms with Gasteiger partial charge in [0.15, 0.2) is 0 Å². The number of hydrogen-bond donors (Lipinski definition) is 0. The van der Waals surface area contributed by atoms with Crippen LogP contribution in [-0.4, -0.2) is 12.0 Å². The molecule has 0 aliphatic carbocycles.